The van der Waals surface area contributed by atoms with E-state index in [2.05, 4.69) is 20.0 Å². The maximum atomic E-state index is 10.2. The summed E-state index contributed by atoms with van der Waals surface area (Å²) in [5.74, 6) is -2.15. The summed E-state index contributed by atoms with van der Waals surface area (Å²) in [4.78, 5) is 34.7. The van der Waals surface area contributed by atoms with Crippen LogP contribution in [0.4, 0.5) is 0 Å². The molecule has 0 atom stereocenters. The Hall–Kier alpha value is -3.68. The number of para-hydroxylation sites is 2. The summed E-state index contributed by atoms with van der Waals surface area (Å²) < 4.78 is 0. The molecule has 0 saturated carbocycles. The van der Waals surface area contributed by atoms with Crippen molar-refractivity contribution in [2.45, 2.75) is 12.8 Å². The van der Waals surface area contributed by atoms with E-state index in [-0.39, 0.29) is 43.0 Å². The van der Waals surface area contributed by atoms with Crippen molar-refractivity contribution in [3.8, 4) is 0 Å². The van der Waals surface area contributed by atoms with E-state index in [1.165, 1.54) is 0 Å². The predicted molar refractivity (Wildman–Crippen MR) is 121 cm³/mol. The molecule has 0 aliphatic rings. The number of carboxylic acid groups (broad SMARTS) is 2. The topological polar surface area (TPSA) is 137 Å². The third-order valence-corrected chi connectivity index (χ3v) is 4.59. The molecule has 0 spiro atoms. The number of nitrogens with zero attached hydrogens (tertiary/aromatic N) is 2. The molecule has 0 amide bonds. The zero-order valence-corrected chi connectivity index (χ0v) is 18.5. The molecule has 9 heteroatoms. The van der Waals surface area contributed by atoms with Crippen LogP contribution in [0.25, 0.3) is 21.8 Å². The Morgan fingerprint density at radius 1 is 0.727 bits per heavy atom. The van der Waals surface area contributed by atoms with Gasteiger partial charge >= 0.3 is 17.1 Å². The fourth-order valence-electron chi connectivity index (χ4n) is 3.04. The fraction of sp³-hybridized carbons (Fsp3) is 0.167. The maximum absolute atomic E-state index is 10.2. The number of benzene rings is 2. The molecule has 4 rings (SSSR count). The Labute approximate surface area is 200 Å². The molecule has 0 bridgehead atoms. The van der Waals surface area contributed by atoms with E-state index in [1.807, 2.05) is 60.9 Å². The van der Waals surface area contributed by atoms with E-state index in [0.29, 0.717) is 0 Å². The molecule has 0 fully saturated rings. The van der Waals surface area contributed by atoms with Crippen molar-refractivity contribution in [3.63, 3.8) is 0 Å². The van der Waals surface area contributed by atoms with Gasteiger partial charge in [-0.05, 0) is 12.1 Å². The molecule has 8 nitrogen and oxygen atoms in total. The number of hydrogen-bond donors (Lipinski definition) is 2. The quantitative estimate of drug-likeness (QED) is 0.283. The monoisotopic (exact) mass is 493 g/mol. The molecule has 0 aliphatic carbocycles. The van der Waals surface area contributed by atoms with Crippen molar-refractivity contribution < 1.29 is 36.9 Å². The van der Waals surface area contributed by atoms with E-state index in [1.54, 1.807) is 12.4 Å². The van der Waals surface area contributed by atoms with E-state index in [0.717, 1.165) is 32.9 Å². The number of H-pyrrole nitrogens is 2. The first-order chi connectivity index (χ1) is 15.5. The van der Waals surface area contributed by atoms with Gasteiger partial charge in [-0.15, -0.1) is 0 Å². The van der Waals surface area contributed by atoms with Gasteiger partial charge in [0.15, 0.2) is 0 Å². The Morgan fingerprint density at radius 3 is 1.52 bits per heavy atom. The van der Waals surface area contributed by atoms with Crippen molar-refractivity contribution in [2.24, 2.45) is 9.98 Å². The first-order valence-corrected chi connectivity index (χ1v) is 10.1. The number of nitrogens with one attached hydrogen (secondary N) is 2. The molecule has 173 valence electrons. The van der Waals surface area contributed by atoms with Crippen molar-refractivity contribution in [2.75, 3.05) is 13.1 Å². The summed E-state index contributed by atoms with van der Waals surface area (Å²) in [5, 5.41) is 22.5. The average molecular weight is 494 g/mol. The van der Waals surface area contributed by atoms with Gasteiger partial charge < -0.3 is 29.8 Å². The Bertz CT molecular complexity index is 1160. The molecular formula is C24H22CuN4O4. The number of aliphatic imine (C=N–C) groups is 2. The van der Waals surface area contributed by atoms with Gasteiger partial charge in [0, 0.05) is 95.6 Å². The molecule has 0 unspecified atom stereocenters. The van der Waals surface area contributed by atoms with Crippen LogP contribution in [0.2, 0.25) is 0 Å². The molecule has 2 heterocycles. The Kier molecular flexibility index (Phi) is 10.1. The summed E-state index contributed by atoms with van der Waals surface area (Å²) in [6, 6.07) is 15.8. The molecule has 4 aromatic rings. The van der Waals surface area contributed by atoms with E-state index in [4.69, 9.17) is 0 Å². The van der Waals surface area contributed by atoms with Crippen molar-refractivity contribution in [1.29, 1.82) is 0 Å². The minimum Gasteiger partial charge on any atom is -0.550 e. The molecule has 0 saturated heterocycles. The van der Waals surface area contributed by atoms with Crippen LogP contribution in [0, 0.1) is 0 Å². The summed E-state index contributed by atoms with van der Waals surface area (Å²) >= 11 is 0. The van der Waals surface area contributed by atoms with Gasteiger partial charge in [0.1, 0.15) is 0 Å². The summed E-state index contributed by atoms with van der Waals surface area (Å²) in [5.41, 5.74) is 4.02. The summed E-state index contributed by atoms with van der Waals surface area (Å²) in [7, 11) is 0. The fourth-order valence-corrected chi connectivity index (χ4v) is 3.04. The minimum absolute atomic E-state index is 0. The minimum atomic E-state index is -1.07. The van der Waals surface area contributed by atoms with Crippen LogP contribution in [0.3, 0.4) is 0 Å². The number of rotatable bonds is 8. The largest absolute Gasteiger partial charge is 2.00 e. The van der Waals surface area contributed by atoms with Crippen molar-refractivity contribution >= 4 is 46.2 Å². The molecule has 2 N–H and O–H groups in total. The number of aromatic nitrogens is 2. The molecule has 0 aliphatic heterocycles. The van der Waals surface area contributed by atoms with Crippen LogP contribution < -0.4 is 10.2 Å². The number of aromatic amines is 2. The average Bonchev–Trinajstić information content (AvgIpc) is 3.39. The maximum Gasteiger partial charge on any atom is 2.00 e. The molecular weight excluding hydrogens is 472 g/mol. The number of hydrogen-bond acceptors (Lipinski definition) is 6. The molecule has 2 aromatic heterocycles. The van der Waals surface area contributed by atoms with Gasteiger partial charge in [-0.25, -0.2) is 0 Å². The standard InChI is InChI=1S/2C12H12N2O2.Cu/c2*15-12(16)5-6-13-7-9-8-14-11-4-2-1-3-10(9)11;/h2*1-4,7-8,14H,5-6H2,(H,15,16);/q;;+2/p-2. The van der Waals surface area contributed by atoms with Crippen LogP contribution in [-0.2, 0) is 26.7 Å². The summed E-state index contributed by atoms with van der Waals surface area (Å²) in [6.07, 6.45) is 6.99. The molecule has 2 aromatic carbocycles. The smallest absolute Gasteiger partial charge is 0.550 e. The second-order valence-electron chi connectivity index (χ2n) is 6.89. The van der Waals surface area contributed by atoms with Gasteiger partial charge in [0.05, 0.1) is 0 Å². The molecule has 1 radical (unpaired) electrons. The van der Waals surface area contributed by atoms with Crippen LogP contribution >= 0.6 is 0 Å². The van der Waals surface area contributed by atoms with E-state index >= 15 is 0 Å². The van der Waals surface area contributed by atoms with Gasteiger partial charge in [-0.2, -0.15) is 0 Å². The van der Waals surface area contributed by atoms with E-state index < -0.39 is 11.9 Å². The van der Waals surface area contributed by atoms with Gasteiger partial charge in [-0.3, -0.25) is 9.98 Å². The number of aliphatic carboxylic acids is 2. The first-order valence-electron chi connectivity index (χ1n) is 10.1. The van der Waals surface area contributed by atoms with Crippen LogP contribution in [0.5, 0.6) is 0 Å². The van der Waals surface area contributed by atoms with Crippen LogP contribution in [-0.4, -0.2) is 47.4 Å². The van der Waals surface area contributed by atoms with Crippen LogP contribution in [0.15, 0.2) is 70.9 Å². The van der Waals surface area contributed by atoms with Crippen molar-refractivity contribution in [1.82, 2.24) is 9.97 Å². The normalized spacial score (nSPS) is 10.9. The second-order valence-corrected chi connectivity index (χ2v) is 6.89. The number of carbonyl (C=O) groups excluding carboxylic acids is 2. The SMILES string of the molecule is O=C([O-])CCN=Cc1c[nH]c2ccccc12.O=C([O-])CCN=Cc1c[nH]c2ccccc12.[Cu+2]. The zero-order valence-electron chi connectivity index (χ0n) is 17.6. The van der Waals surface area contributed by atoms with Gasteiger partial charge in [-0.1, -0.05) is 36.4 Å². The van der Waals surface area contributed by atoms with Gasteiger partial charge in [0.25, 0.3) is 0 Å². The third-order valence-electron chi connectivity index (χ3n) is 4.59. The number of fused-ring (bicyclic) bond motifs is 2. The summed E-state index contributed by atoms with van der Waals surface area (Å²) in [6.45, 7) is 0.504. The molecule has 33 heavy (non-hydrogen) atoms. The van der Waals surface area contributed by atoms with E-state index in [9.17, 15) is 19.8 Å². The predicted octanol–water partition coefficient (Wildman–Crippen LogP) is 1.45. The first kappa shape index (κ1) is 25.6. The van der Waals surface area contributed by atoms with Crippen LogP contribution in [0.1, 0.15) is 24.0 Å². The zero-order chi connectivity index (χ0) is 22.8. The van der Waals surface area contributed by atoms with Crippen molar-refractivity contribution in [3.05, 3.63) is 72.1 Å². The number of carboxylic acids is 2. The Balaban J connectivity index is 0.000000227. The number of carbonyl (C=O) groups is 2. The second kappa shape index (κ2) is 13.0. The third kappa shape index (κ3) is 7.75. The van der Waals surface area contributed by atoms with Gasteiger partial charge in [0.2, 0.25) is 0 Å². The Morgan fingerprint density at radius 2 is 1.12 bits per heavy atom.